The van der Waals surface area contributed by atoms with Gasteiger partial charge in [-0.1, -0.05) is 18.2 Å². The molecule has 1 N–H and O–H groups in total. The molecular formula is C14H15NO3. The van der Waals surface area contributed by atoms with E-state index in [0.29, 0.717) is 0 Å². The van der Waals surface area contributed by atoms with Gasteiger partial charge in [-0.25, -0.2) is 4.79 Å². The molecule has 4 nitrogen and oxygen atoms in total. The highest BCUT2D eigenvalue weighted by molar-refractivity contribution is 5.96. The van der Waals surface area contributed by atoms with Gasteiger partial charge >= 0.3 is 5.97 Å². The molecule has 94 valence electrons. The summed E-state index contributed by atoms with van der Waals surface area (Å²) >= 11 is 0. The Kier molecular flexibility index (Phi) is 3.77. The van der Waals surface area contributed by atoms with E-state index < -0.39 is 5.97 Å². The zero-order valence-corrected chi connectivity index (χ0v) is 10.2. The summed E-state index contributed by atoms with van der Waals surface area (Å²) in [7, 11) is 1.33. The van der Waals surface area contributed by atoms with Gasteiger partial charge in [-0.2, -0.15) is 0 Å². The van der Waals surface area contributed by atoms with Crippen molar-refractivity contribution in [3.63, 3.8) is 0 Å². The third-order valence-electron chi connectivity index (χ3n) is 2.77. The smallest absolute Gasteiger partial charge is 0.330 e. The molecule has 1 aromatic rings. The summed E-state index contributed by atoms with van der Waals surface area (Å²) in [6.45, 7) is 0. The van der Waals surface area contributed by atoms with Gasteiger partial charge in [-0.05, 0) is 30.5 Å². The summed E-state index contributed by atoms with van der Waals surface area (Å²) in [5, 5.41) is 2.87. The molecule has 2 rings (SSSR count). The van der Waals surface area contributed by atoms with Gasteiger partial charge in [0.05, 0.1) is 7.11 Å². The number of para-hydroxylation sites is 1. The summed E-state index contributed by atoms with van der Waals surface area (Å²) in [5.41, 5.74) is 1.51. The van der Waals surface area contributed by atoms with Crippen molar-refractivity contribution in [2.45, 2.75) is 12.8 Å². The van der Waals surface area contributed by atoms with E-state index in [1.54, 1.807) is 6.08 Å². The Hall–Kier alpha value is -2.10. The number of amides is 1. The second kappa shape index (κ2) is 5.49. The number of ether oxygens (including phenoxy) is 1. The van der Waals surface area contributed by atoms with Crippen LogP contribution in [0.3, 0.4) is 0 Å². The summed E-state index contributed by atoms with van der Waals surface area (Å²) in [6.07, 6.45) is 4.90. The molecule has 0 saturated heterocycles. The van der Waals surface area contributed by atoms with E-state index >= 15 is 0 Å². The van der Waals surface area contributed by atoms with Gasteiger partial charge < -0.3 is 10.1 Å². The third kappa shape index (κ3) is 3.20. The normalized spacial score (nSPS) is 14.5. The van der Waals surface area contributed by atoms with Crippen LogP contribution >= 0.6 is 0 Å². The first-order valence-corrected chi connectivity index (χ1v) is 5.86. The van der Waals surface area contributed by atoms with Crippen molar-refractivity contribution in [3.05, 3.63) is 35.9 Å². The van der Waals surface area contributed by atoms with Gasteiger partial charge in [0, 0.05) is 17.7 Å². The monoisotopic (exact) mass is 245 g/mol. The van der Waals surface area contributed by atoms with E-state index in [9.17, 15) is 9.59 Å². The highest BCUT2D eigenvalue weighted by Crippen LogP contribution is 2.30. The lowest BCUT2D eigenvalue weighted by Gasteiger charge is -2.07. The SMILES string of the molecule is COC(=O)/C=C/c1ccccc1NC(=O)C1CC1. The quantitative estimate of drug-likeness (QED) is 0.653. The van der Waals surface area contributed by atoms with Gasteiger partial charge in [0.2, 0.25) is 5.91 Å². The number of esters is 1. The molecule has 0 unspecified atom stereocenters. The Morgan fingerprint density at radius 1 is 1.33 bits per heavy atom. The molecule has 1 aliphatic carbocycles. The first-order valence-electron chi connectivity index (χ1n) is 5.86. The number of methoxy groups -OCH3 is 1. The topological polar surface area (TPSA) is 55.4 Å². The summed E-state index contributed by atoms with van der Waals surface area (Å²) < 4.78 is 4.53. The minimum Gasteiger partial charge on any atom is -0.466 e. The maximum absolute atomic E-state index is 11.7. The first-order chi connectivity index (χ1) is 8.70. The van der Waals surface area contributed by atoms with Gasteiger partial charge in [0.1, 0.15) is 0 Å². The minimum atomic E-state index is -0.418. The molecule has 0 radical (unpaired) electrons. The van der Waals surface area contributed by atoms with Crippen molar-refractivity contribution in [1.29, 1.82) is 0 Å². The molecule has 1 aromatic carbocycles. The fourth-order valence-corrected chi connectivity index (χ4v) is 1.56. The van der Waals surface area contributed by atoms with Crippen LogP contribution < -0.4 is 5.32 Å². The number of anilines is 1. The second-order valence-corrected chi connectivity index (χ2v) is 4.21. The van der Waals surface area contributed by atoms with E-state index in [0.717, 1.165) is 24.1 Å². The molecule has 4 heteroatoms. The van der Waals surface area contributed by atoms with Crippen LogP contribution in [0.2, 0.25) is 0 Å². The molecule has 18 heavy (non-hydrogen) atoms. The highest BCUT2D eigenvalue weighted by atomic mass is 16.5. The van der Waals surface area contributed by atoms with Crippen LogP contribution in [0.4, 0.5) is 5.69 Å². The average molecular weight is 245 g/mol. The predicted octanol–water partition coefficient (Wildman–Crippen LogP) is 2.22. The van der Waals surface area contributed by atoms with Crippen LogP contribution in [0.1, 0.15) is 18.4 Å². The fourth-order valence-electron chi connectivity index (χ4n) is 1.56. The summed E-state index contributed by atoms with van der Waals surface area (Å²) in [5.74, 6) is -0.213. The summed E-state index contributed by atoms with van der Waals surface area (Å²) in [4.78, 5) is 22.7. The van der Waals surface area contributed by atoms with Crippen molar-refractivity contribution >= 4 is 23.6 Å². The third-order valence-corrected chi connectivity index (χ3v) is 2.77. The summed E-state index contributed by atoms with van der Waals surface area (Å²) in [6, 6.07) is 7.35. The van der Waals surface area contributed by atoms with Crippen molar-refractivity contribution in [3.8, 4) is 0 Å². The van der Waals surface area contributed by atoms with E-state index in [-0.39, 0.29) is 11.8 Å². The zero-order valence-electron chi connectivity index (χ0n) is 10.2. The number of carbonyl (C=O) groups excluding carboxylic acids is 2. The number of nitrogens with one attached hydrogen (secondary N) is 1. The minimum absolute atomic E-state index is 0.0499. The van der Waals surface area contributed by atoms with Crippen LogP contribution in [0.25, 0.3) is 6.08 Å². The lowest BCUT2D eigenvalue weighted by atomic mass is 10.1. The number of hydrogen-bond donors (Lipinski definition) is 1. The van der Waals surface area contributed by atoms with E-state index in [4.69, 9.17) is 0 Å². The van der Waals surface area contributed by atoms with E-state index in [1.807, 2.05) is 24.3 Å². The van der Waals surface area contributed by atoms with Crippen LogP contribution in [-0.4, -0.2) is 19.0 Å². The Bertz CT molecular complexity index is 490. The second-order valence-electron chi connectivity index (χ2n) is 4.21. The van der Waals surface area contributed by atoms with E-state index in [2.05, 4.69) is 10.1 Å². The van der Waals surface area contributed by atoms with Crippen LogP contribution in [-0.2, 0) is 14.3 Å². The Labute approximate surface area is 106 Å². The van der Waals surface area contributed by atoms with Gasteiger partial charge in [0.15, 0.2) is 0 Å². The molecule has 0 aromatic heterocycles. The van der Waals surface area contributed by atoms with E-state index in [1.165, 1.54) is 13.2 Å². The Balaban J connectivity index is 2.11. The van der Waals surface area contributed by atoms with Crippen LogP contribution in [0.15, 0.2) is 30.3 Å². The molecular weight excluding hydrogens is 230 g/mol. The van der Waals surface area contributed by atoms with Gasteiger partial charge in [0.25, 0.3) is 0 Å². The fraction of sp³-hybridized carbons (Fsp3) is 0.286. The van der Waals surface area contributed by atoms with Crippen LogP contribution in [0, 0.1) is 5.92 Å². The van der Waals surface area contributed by atoms with Crippen molar-refractivity contribution < 1.29 is 14.3 Å². The Morgan fingerprint density at radius 3 is 2.72 bits per heavy atom. The molecule has 1 amide bonds. The maximum Gasteiger partial charge on any atom is 0.330 e. The first kappa shape index (κ1) is 12.4. The largest absolute Gasteiger partial charge is 0.466 e. The lowest BCUT2D eigenvalue weighted by Crippen LogP contribution is -2.14. The highest BCUT2D eigenvalue weighted by Gasteiger charge is 2.29. The molecule has 0 heterocycles. The van der Waals surface area contributed by atoms with Crippen molar-refractivity contribution in [1.82, 2.24) is 0 Å². The zero-order chi connectivity index (χ0) is 13.0. The average Bonchev–Trinajstić information content (AvgIpc) is 3.21. The molecule has 1 fully saturated rings. The number of carbonyl (C=O) groups is 2. The lowest BCUT2D eigenvalue weighted by molar-refractivity contribution is -0.134. The number of hydrogen-bond acceptors (Lipinski definition) is 3. The number of rotatable bonds is 4. The number of benzene rings is 1. The standard InChI is InChI=1S/C14H15NO3/c1-18-13(16)9-8-10-4-2-3-5-12(10)15-14(17)11-6-7-11/h2-5,8-9,11H,6-7H2,1H3,(H,15,17)/b9-8+. The Morgan fingerprint density at radius 2 is 2.06 bits per heavy atom. The van der Waals surface area contributed by atoms with Gasteiger partial charge in [-0.15, -0.1) is 0 Å². The van der Waals surface area contributed by atoms with Crippen molar-refractivity contribution in [2.24, 2.45) is 5.92 Å². The predicted molar refractivity (Wildman–Crippen MR) is 68.8 cm³/mol. The van der Waals surface area contributed by atoms with Gasteiger partial charge in [-0.3, -0.25) is 4.79 Å². The molecule has 1 aliphatic rings. The van der Waals surface area contributed by atoms with Crippen LogP contribution in [0.5, 0.6) is 0 Å². The molecule has 0 aliphatic heterocycles. The molecule has 1 saturated carbocycles. The molecule has 0 spiro atoms. The maximum atomic E-state index is 11.7. The molecule has 0 atom stereocenters. The van der Waals surface area contributed by atoms with Crippen molar-refractivity contribution in [2.75, 3.05) is 12.4 Å². The molecule has 0 bridgehead atoms.